The standard InChI is InChI=1S/C15H23N3S/c1-4-13-5-6-14(19-13)11-17-7-9-18(10-8-17)15(2,3)12-16/h5-6H,4,7-11H2,1-3H3. The molecule has 19 heavy (non-hydrogen) atoms. The van der Waals surface area contributed by atoms with Crippen LogP contribution in [0.3, 0.4) is 0 Å². The van der Waals surface area contributed by atoms with Crippen LogP contribution >= 0.6 is 11.3 Å². The second kappa shape index (κ2) is 6.04. The first-order chi connectivity index (χ1) is 9.05. The summed E-state index contributed by atoms with van der Waals surface area (Å²) in [5.74, 6) is 0. The molecule has 1 saturated heterocycles. The van der Waals surface area contributed by atoms with Crippen molar-refractivity contribution in [2.75, 3.05) is 26.2 Å². The number of aryl methyl sites for hydroxylation is 1. The van der Waals surface area contributed by atoms with Crippen molar-refractivity contribution < 1.29 is 0 Å². The van der Waals surface area contributed by atoms with Gasteiger partial charge in [0.15, 0.2) is 0 Å². The molecule has 0 atom stereocenters. The lowest BCUT2D eigenvalue weighted by atomic mass is 10.0. The molecule has 3 nitrogen and oxygen atoms in total. The predicted octanol–water partition coefficient (Wildman–Crippen LogP) is 2.73. The Kier molecular flexibility index (Phi) is 4.62. The fraction of sp³-hybridized carbons (Fsp3) is 0.667. The van der Waals surface area contributed by atoms with Crippen LogP contribution in [0.15, 0.2) is 12.1 Å². The molecule has 4 heteroatoms. The molecule has 2 heterocycles. The van der Waals surface area contributed by atoms with E-state index < -0.39 is 0 Å². The molecule has 1 aliphatic heterocycles. The van der Waals surface area contributed by atoms with Crippen LogP contribution in [0.5, 0.6) is 0 Å². The molecule has 0 aromatic carbocycles. The molecule has 0 unspecified atom stereocenters. The number of nitriles is 1. The van der Waals surface area contributed by atoms with Gasteiger partial charge in [-0.3, -0.25) is 9.80 Å². The monoisotopic (exact) mass is 277 g/mol. The molecule has 1 aromatic rings. The zero-order valence-corrected chi connectivity index (χ0v) is 13.0. The highest BCUT2D eigenvalue weighted by Crippen LogP contribution is 2.21. The summed E-state index contributed by atoms with van der Waals surface area (Å²) in [5, 5.41) is 9.17. The Labute approximate surface area is 120 Å². The molecule has 104 valence electrons. The first-order valence-corrected chi connectivity index (χ1v) is 7.83. The van der Waals surface area contributed by atoms with Crippen molar-refractivity contribution in [1.29, 1.82) is 5.26 Å². The fourth-order valence-electron chi connectivity index (χ4n) is 2.45. The van der Waals surface area contributed by atoms with Gasteiger partial charge < -0.3 is 0 Å². The van der Waals surface area contributed by atoms with Crippen molar-refractivity contribution in [3.05, 3.63) is 21.9 Å². The Hall–Kier alpha value is -0.890. The van der Waals surface area contributed by atoms with Crippen LogP contribution in [0.4, 0.5) is 0 Å². The molecule has 0 bridgehead atoms. The van der Waals surface area contributed by atoms with Crippen molar-refractivity contribution in [3.63, 3.8) is 0 Å². The van der Waals surface area contributed by atoms with Gasteiger partial charge in [0.05, 0.1) is 6.07 Å². The van der Waals surface area contributed by atoms with Crippen LogP contribution in [0.25, 0.3) is 0 Å². The minimum atomic E-state index is -0.329. The zero-order chi connectivity index (χ0) is 13.9. The Morgan fingerprint density at radius 1 is 1.21 bits per heavy atom. The summed E-state index contributed by atoms with van der Waals surface area (Å²) in [6, 6.07) is 6.90. The van der Waals surface area contributed by atoms with Gasteiger partial charge in [-0.2, -0.15) is 5.26 Å². The first kappa shape index (κ1) is 14.5. The molecular formula is C15H23N3S. The van der Waals surface area contributed by atoms with Gasteiger partial charge >= 0.3 is 0 Å². The second-order valence-corrected chi connectivity index (χ2v) is 6.91. The van der Waals surface area contributed by atoms with E-state index in [2.05, 4.69) is 34.9 Å². The zero-order valence-electron chi connectivity index (χ0n) is 12.1. The molecule has 0 saturated carbocycles. The van der Waals surface area contributed by atoms with Crippen molar-refractivity contribution in [3.8, 4) is 6.07 Å². The van der Waals surface area contributed by atoms with Crippen LogP contribution in [-0.2, 0) is 13.0 Å². The maximum atomic E-state index is 9.17. The maximum Gasteiger partial charge on any atom is 0.103 e. The quantitative estimate of drug-likeness (QED) is 0.847. The van der Waals surface area contributed by atoms with Gasteiger partial charge in [0.1, 0.15) is 5.54 Å². The lowest BCUT2D eigenvalue weighted by Crippen LogP contribution is -2.53. The Balaban J connectivity index is 1.85. The van der Waals surface area contributed by atoms with Crippen molar-refractivity contribution in [2.45, 2.75) is 39.3 Å². The molecule has 1 aliphatic rings. The number of rotatable bonds is 4. The number of nitrogens with zero attached hydrogens (tertiary/aromatic N) is 3. The van der Waals surface area contributed by atoms with E-state index in [-0.39, 0.29) is 5.54 Å². The third-order valence-corrected chi connectivity index (χ3v) is 5.10. The summed E-state index contributed by atoms with van der Waals surface area (Å²) in [4.78, 5) is 7.72. The van der Waals surface area contributed by atoms with Crippen molar-refractivity contribution in [2.24, 2.45) is 0 Å². The smallest absolute Gasteiger partial charge is 0.103 e. The van der Waals surface area contributed by atoms with Crippen molar-refractivity contribution >= 4 is 11.3 Å². The molecule has 0 radical (unpaired) electrons. The van der Waals surface area contributed by atoms with Gasteiger partial charge in [-0.05, 0) is 32.4 Å². The van der Waals surface area contributed by atoms with E-state index in [4.69, 9.17) is 0 Å². The second-order valence-electron chi connectivity index (χ2n) is 5.66. The normalized spacial score (nSPS) is 18.4. The van der Waals surface area contributed by atoms with E-state index in [0.29, 0.717) is 0 Å². The van der Waals surface area contributed by atoms with Gasteiger partial charge in [0.25, 0.3) is 0 Å². The Morgan fingerprint density at radius 3 is 2.37 bits per heavy atom. The minimum absolute atomic E-state index is 0.329. The molecular weight excluding hydrogens is 254 g/mol. The third kappa shape index (κ3) is 3.56. The van der Waals surface area contributed by atoms with E-state index >= 15 is 0 Å². The Bertz CT molecular complexity index is 450. The largest absolute Gasteiger partial charge is 0.296 e. The molecule has 0 amide bonds. The average Bonchev–Trinajstić information content (AvgIpc) is 2.87. The topological polar surface area (TPSA) is 30.3 Å². The molecule has 1 fully saturated rings. The molecule has 0 N–H and O–H groups in total. The van der Waals surface area contributed by atoms with Crippen molar-refractivity contribution in [1.82, 2.24) is 9.80 Å². The fourth-order valence-corrected chi connectivity index (χ4v) is 3.45. The first-order valence-electron chi connectivity index (χ1n) is 7.01. The van der Waals surface area contributed by atoms with Crippen LogP contribution in [0.1, 0.15) is 30.5 Å². The van der Waals surface area contributed by atoms with E-state index in [1.54, 1.807) is 0 Å². The summed E-state index contributed by atoms with van der Waals surface area (Å²) in [5.41, 5.74) is -0.329. The van der Waals surface area contributed by atoms with Gasteiger partial charge in [0.2, 0.25) is 0 Å². The number of hydrogen-bond donors (Lipinski definition) is 0. The number of piperazine rings is 1. The van der Waals surface area contributed by atoms with Crippen LogP contribution < -0.4 is 0 Å². The number of hydrogen-bond acceptors (Lipinski definition) is 4. The highest BCUT2D eigenvalue weighted by atomic mass is 32.1. The maximum absolute atomic E-state index is 9.17. The number of thiophene rings is 1. The minimum Gasteiger partial charge on any atom is -0.296 e. The molecule has 1 aromatic heterocycles. The molecule has 2 rings (SSSR count). The third-order valence-electron chi connectivity index (χ3n) is 3.88. The summed E-state index contributed by atoms with van der Waals surface area (Å²) >= 11 is 1.93. The summed E-state index contributed by atoms with van der Waals surface area (Å²) in [6.07, 6.45) is 1.13. The summed E-state index contributed by atoms with van der Waals surface area (Å²) in [6.45, 7) is 11.4. The lowest BCUT2D eigenvalue weighted by molar-refractivity contribution is 0.0769. The Morgan fingerprint density at radius 2 is 1.84 bits per heavy atom. The van der Waals surface area contributed by atoms with Gasteiger partial charge in [-0.25, -0.2) is 0 Å². The average molecular weight is 277 g/mol. The molecule has 0 aliphatic carbocycles. The van der Waals surface area contributed by atoms with Gasteiger partial charge in [-0.15, -0.1) is 11.3 Å². The highest BCUT2D eigenvalue weighted by Gasteiger charge is 2.29. The van der Waals surface area contributed by atoms with Crippen LogP contribution in [-0.4, -0.2) is 41.5 Å². The highest BCUT2D eigenvalue weighted by molar-refractivity contribution is 7.11. The SMILES string of the molecule is CCc1ccc(CN2CCN(C(C)(C)C#N)CC2)s1. The lowest BCUT2D eigenvalue weighted by Gasteiger charge is -2.40. The van der Waals surface area contributed by atoms with E-state index in [0.717, 1.165) is 39.1 Å². The van der Waals surface area contributed by atoms with Crippen LogP contribution in [0.2, 0.25) is 0 Å². The predicted molar refractivity (Wildman–Crippen MR) is 80.2 cm³/mol. The van der Waals surface area contributed by atoms with E-state index in [1.807, 2.05) is 25.2 Å². The summed E-state index contributed by atoms with van der Waals surface area (Å²) in [7, 11) is 0. The summed E-state index contributed by atoms with van der Waals surface area (Å²) < 4.78 is 0. The van der Waals surface area contributed by atoms with Gasteiger partial charge in [0, 0.05) is 42.5 Å². The van der Waals surface area contributed by atoms with E-state index in [1.165, 1.54) is 9.75 Å². The van der Waals surface area contributed by atoms with Gasteiger partial charge in [-0.1, -0.05) is 6.92 Å². The van der Waals surface area contributed by atoms with E-state index in [9.17, 15) is 5.26 Å². The molecule has 0 spiro atoms. The van der Waals surface area contributed by atoms with Crippen LogP contribution in [0, 0.1) is 11.3 Å².